The van der Waals surface area contributed by atoms with Gasteiger partial charge in [-0.05, 0) is 36.4 Å². The van der Waals surface area contributed by atoms with Gasteiger partial charge in [0.2, 0.25) is 0 Å². The maximum absolute atomic E-state index is 12.6. The summed E-state index contributed by atoms with van der Waals surface area (Å²) in [6, 6.07) is 13.9. The number of carbonyl (C=O) groups excluding carboxylic acids is 2. The first-order valence-electron chi connectivity index (χ1n) is 8.42. The first-order valence-corrected chi connectivity index (χ1v) is 8.42. The Bertz CT molecular complexity index is 1020. The first kappa shape index (κ1) is 18.8. The molecule has 0 bridgehead atoms. The molecule has 142 valence electrons. The zero-order valence-corrected chi connectivity index (χ0v) is 15.4. The molecule has 0 aliphatic carbocycles. The summed E-state index contributed by atoms with van der Waals surface area (Å²) in [6.07, 6.45) is 1.46. The molecule has 1 heterocycles. The van der Waals surface area contributed by atoms with Gasteiger partial charge in [-0.3, -0.25) is 9.59 Å². The SMILES string of the molecule is CNC(=O)c1nc(-c2cccc(C(=O)Nc3ccc(OC)cc3)c2)cnc1N. The molecule has 0 atom stereocenters. The fraction of sp³-hybridized carbons (Fsp3) is 0.100. The predicted octanol–water partition coefficient (Wildman–Crippen LogP) is 2.35. The van der Waals surface area contributed by atoms with Gasteiger partial charge in [0.15, 0.2) is 11.5 Å². The lowest BCUT2D eigenvalue weighted by Crippen LogP contribution is -2.21. The number of nitrogens with two attached hydrogens (primary N) is 1. The van der Waals surface area contributed by atoms with E-state index in [2.05, 4.69) is 20.6 Å². The Morgan fingerprint density at radius 1 is 1.07 bits per heavy atom. The smallest absolute Gasteiger partial charge is 0.273 e. The zero-order chi connectivity index (χ0) is 20.1. The second kappa shape index (κ2) is 8.17. The third-order valence-corrected chi connectivity index (χ3v) is 4.01. The van der Waals surface area contributed by atoms with Crippen LogP contribution in [-0.4, -0.2) is 35.9 Å². The van der Waals surface area contributed by atoms with Gasteiger partial charge in [-0.1, -0.05) is 12.1 Å². The number of methoxy groups -OCH3 is 1. The standard InChI is InChI=1S/C20H19N5O3/c1-22-20(27)17-18(21)23-11-16(25-17)12-4-3-5-13(10-12)19(26)24-14-6-8-15(28-2)9-7-14/h3-11H,1-2H3,(H2,21,23)(H,22,27)(H,24,26). The van der Waals surface area contributed by atoms with Crippen LogP contribution in [0.15, 0.2) is 54.7 Å². The van der Waals surface area contributed by atoms with Gasteiger partial charge in [0, 0.05) is 23.9 Å². The van der Waals surface area contributed by atoms with Crippen LogP contribution in [0.25, 0.3) is 11.3 Å². The van der Waals surface area contributed by atoms with Crippen LogP contribution in [0.1, 0.15) is 20.8 Å². The molecule has 28 heavy (non-hydrogen) atoms. The predicted molar refractivity (Wildman–Crippen MR) is 106 cm³/mol. The molecule has 1 aromatic heterocycles. The number of nitrogen functional groups attached to an aromatic ring is 1. The van der Waals surface area contributed by atoms with E-state index in [0.717, 1.165) is 0 Å². The lowest BCUT2D eigenvalue weighted by atomic mass is 10.1. The van der Waals surface area contributed by atoms with Crippen molar-refractivity contribution in [1.29, 1.82) is 0 Å². The molecule has 0 spiro atoms. The van der Waals surface area contributed by atoms with Crippen LogP contribution < -0.4 is 21.1 Å². The first-order chi connectivity index (χ1) is 13.5. The van der Waals surface area contributed by atoms with E-state index in [1.54, 1.807) is 55.6 Å². The number of amides is 2. The molecule has 4 N–H and O–H groups in total. The Labute approximate surface area is 161 Å². The maximum atomic E-state index is 12.6. The van der Waals surface area contributed by atoms with E-state index in [0.29, 0.717) is 28.3 Å². The average Bonchev–Trinajstić information content (AvgIpc) is 2.74. The second-order valence-electron chi connectivity index (χ2n) is 5.83. The highest BCUT2D eigenvalue weighted by molar-refractivity contribution is 6.05. The van der Waals surface area contributed by atoms with E-state index >= 15 is 0 Å². The van der Waals surface area contributed by atoms with Crippen molar-refractivity contribution in [2.75, 3.05) is 25.2 Å². The highest BCUT2D eigenvalue weighted by Crippen LogP contribution is 2.21. The van der Waals surface area contributed by atoms with Gasteiger partial charge in [-0.15, -0.1) is 0 Å². The van der Waals surface area contributed by atoms with Crippen molar-refractivity contribution in [3.63, 3.8) is 0 Å². The summed E-state index contributed by atoms with van der Waals surface area (Å²) in [5, 5.41) is 5.29. The average molecular weight is 377 g/mol. The molecule has 0 aliphatic heterocycles. The Morgan fingerprint density at radius 2 is 1.82 bits per heavy atom. The van der Waals surface area contributed by atoms with E-state index < -0.39 is 5.91 Å². The van der Waals surface area contributed by atoms with Gasteiger partial charge in [-0.25, -0.2) is 9.97 Å². The van der Waals surface area contributed by atoms with Crippen LogP contribution in [0.5, 0.6) is 5.75 Å². The van der Waals surface area contributed by atoms with Crippen molar-refractivity contribution in [3.8, 4) is 17.0 Å². The van der Waals surface area contributed by atoms with Gasteiger partial charge in [-0.2, -0.15) is 0 Å². The summed E-state index contributed by atoms with van der Waals surface area (Å²) in [6.45, 7) is 0. The minimum Gasteiger partial charge on any atom is -0.497 e. The molecule has 3 rings (SSSR count). The van der Waals surface area contributed by atoms with Crippen molar-refractivity contribution in [2.24, 2.45) is 0 Å². The third kappa shape index (κ3) is 4.07. The van der Waals surface area contributed by atoms with Gasteiger partial charge >= 0.3 is 0 Å². The van der Waals surface area contributed by atoms with Crippen molar-refractivity contribution >= 4 is 23.3 Å². The summed E-state index contributed by atoms with van der Waals surface area (Å²) in [4.78, 5) is 32.7. The molecule has 8 heteroatoms. The van der Waals surface area contributed by atoms with Gasteiger partial charge in [0.1, 0.15) is 5.75 Å². The summed E-state index contributed by atoms with van der Waals surface area (Å²) in [5.74, 6) is 0.0348. The van der Waals surface area contributed by atoms with Crippen molar-refractivity contribution in [2.45, 2.75) is 0 Å². The monoisotopic (exact) mass is 377 g/mol. The van der Waals surface area contributed by atoms with Crippen molar-refractivity contribution < 1.29 is 14.3 Å². The fourth-order valence-electron chi connectivity index (χ4n) is 2.52. The Balaban J connectivity index is 1.85. The number of ether oxygens (including phenoxy) is 1. The molecule has 0 fully saturated rings. The van der Waals surface area contributed by atoms with Gasteiger partial charge in [0.25, 0.3) is 11.8 Å². The number of nitrogens with zero attached hydrogens (tertiary/aromatic N) is 2. The highest BCUT2D eigenvalue weighted by atomic mass is 16.5. The second-order valence-corrected chi connectivity index (χ2v) is 5.83. The van der Waals surface area contributed by atoms with Crippen molar-refractivity contribution in [3.05, 3.63) is 66.0 Å². The fourth-order valence-corrected chi connectivity index (χ4v) is 2.52. The molecule has 0 saturated carbocycles. The topological polar surface area (TPSA) is 119 Å². The lowest BCUT2D eigenvalue weighted by Gasteiger charge is -2.09. The van der Waals surface area contributed by atoms with E-state index in [4.69, 9.17) is 10.5 Å². The molecule has 2 amide bonds. The largest absolute Gasteiger partial charge is 0.497 e. The van der Waals surface area contributed by atoms with E-state index in [1.807, 2.05) is 0 Å². The molecular formula is C20H19N5O3. The number of benzene rings is 2. The summed E-state index contributed by atoms with van der Waals surface area (Å²) in [7, 11) is 3.06. The molecule has 0 radical (unpaired) electrons. The highest BCUT2D eigenvalue weighted by Gasteiger charge is 2.14. The Morgan fingerprint density at radius 3 is 2.50 bits per heavy atom. The molecule has 0 aliphatic rings. The van der Waals surface area contributed by atoms with Crippen LogP contribution in [0.4, 0.5) is 11.5 Å². The summed E-state index contributed by atoms with van der Waals surface area (Å²) >= 11 is 0. The minimum atomic E-state index is -0.430. The van der Waals surface area contributed by atoms with Crippen LogP contribution in [0, 0.1) is 0 Å². The van der Waals surface area contributed by atoms with E-state index in [-0.39, 0.29) is 17.4 Å². The number of carbonyl (C=O) groups is 2. The Hall–Kier alpha value is -3.94. The number of hydrogen-bond acceptors (Lipinski definition) is 6. The number of anilines is 2. The van der Waals surface area contributed by atoms with Gasteiger partial charge < -0.3 is 21.1 Å². The van der Waals surface area contributed by atoms with Crippen LogP contribution in [0.2, 0.25) is 0 Å². The maximum Gasteiger partial charge on any atom is 0.273 e. The van der Waals surface area contributed by atoms with Crippen LogP contribution in [0.3, 0.4) is 0 Å². The van der Waals surface area contributed by atoms with Crippen LogP contribution >= 0.6 is 0 Å². The Kier molecular flexibility index (Phi) is 5.50. The molecule has 0 unspecified atom stereocenters. The molecule has 2 aromatic carbocycles. The van der Waals surface area contributed by atoms with Crippen molar-refractivity contribution in [1.82, 2.24) is 15.3 Å². The molecule has 3 aromatic rings. The zero-order valence-electron chi connectivity index (χ0n) is 15.4. The lowest BCUT2D eigenvalue weighted by molar-refractivity contribution is 0.0958. The number of hydrogen-bond donors (Lipinski definition) is 3. The van der Waals surface area contributed by atoms with Crippen LogP contribution in [-0.2, 0) is 0 Å². The third-order valence-electron chi connectivity index (χ3n) is 4.01. The number of rotatable bonds is 5. The minimum absolute atomic E-state index is 0.0353. The molecular weight excluding hydrogens is 358 g/mol. The van der Waals surface area contributed by atoms with Gasteiger partial charge in [0.05, 0.1) is 19.0 Å². The molecule has 0 saturated heterocycles. The quantitative estimate of drug-likeness (QED) is 0.628. The number of aromatic nitrogens is 2. The normalized spacial score (nSPS) is 10.2. The summed E-state index contributed by atoms with van der Waals surface area (Å²) < 4.78 is 5.10. The van der Waals surface area contributed by atoms with E-state index in [1.165, 1.54) is 13.2 Å². The van der Waals surface area contributed by atoms with E-state index in [9.17, 15) is 9.59 Å². The summed E-state index contributed by atoms with van der Waals surface area (Å²) in [5.41, 5.74) is 7.91. The number of nitrogens with one attached hydrogen (secondary N) is 2. The molecule has 8 nitrogen and oxygen atoms in total.